The number of hydrogen-bond donors (Lipinski definition) is 1. The largest absolute Gasteiger partial charge is 0.481 e. The highest BCUT2D eigenvalue weighted by molar-refractivity contribution is 7.17. The lowest BCUT2D eigenvalue weighted by molar-refractivity contribution is -0.149. The maximum atomic E-state index is 12.8. The van der Waals surface area contributed by atoms with Crippen LogP contribution in [0.5, 0.6) is 5.75 Å². The van der Waals surface area contributed by atoms with Crippen molar-refractivity contribution in [2.75, 3.05) is 18.5 Å². The SMILES string of the molecule is CC1CCc2c(sc(NC(=O)COC(=O)COc3cccc4ccccc34)c2C(=O)OC(C)C)C1. The molecular formula is C27H29NO6S. The lowest BCUT2D eigenvalue weighted by Gasteiger charge is -2.18. The van der Waals surface area contributed by atoms with Crippen LogP contribution in [0.2, 0.25) is 0 Å². The Morgan fingerprint density at radius 2 is 1.86 bits per heavy atom. The second kappa shape index (κ2) is 10.9. The number of nitrogens with one attached hydrogen (secondary N) is 1. The van der Waals surface area contributed by atoms with Crippen molar-refractivity contribution < 1.29 is 28.6 Å². The summed E-state index contributed by atoms with van der Waals surface area (Å²) < 4.78 is 16.2. The molecule has 0 bridgehead atoms. The van der Waals surface area contributed by atoms with Gasteiger partial charge in [-0.05, 0) is 56.0 Å². The highest BCUT2D eigenvalue weighted by Gasteiger charge is 2.29. The molecule has 1 heterocycles. The van der Waals surface area contributed by atoms with Gasteiger partial charge in [0.1, 0.15) is 10.8 Å². The molecule has 0 aliphatic heterocycles. The average molecular weight is 496 g/mol. The normalized spacial score (nSPS) is 14.9. The van der Waals surface area contributed by atoms with Crippen LogP contribution < -0.4 is 10.1 Å². The number of benzene rings is 2. The van der Waals surface area contributed by atoms with Crippen LogP contribution in [0.1, 0.15) is 48.0 Å². The van der Waals surface area contributed by atoms with Crippen molar-refractivity contribution in [1.82, 2.24) is 0 Å². The quantitative estimate of drug-likeness (QED) is 0.435. The Morgan fingerprint density at radius 3 is 2.66 bits per heavy atom. The van der Waals surface area contributed by atoms with Crippen LogP contribution in [0, 0.1) is 5.92 Å². The van der Waals surface area contributed by atoms with Gasteiger partial charge in [-0.3, -0.25) is 4.79 Å². The van der Waals surface area contributed by atoms with E-state index in [1.807, 2.05) is 36.4 Å². The average Bonchev–Trinajstić information content (AvgIpc) is 3.17. The Labute approximate surface area is 208 Å². The van der Waals surface area contributed by atoms with E-state index < -0.39 is 24.5 Å². The van der Waals surface area contributed by atoms with Crippen LogP contribution in [0.3, 0.4) is 0 Å². The molecule has 2 aromatic carbocycles. The standard InChI is InChI=1S/C27H29NO6S/c1-16(2)34-27(31)25-20-12-11-17(3)13-22(20)35-26(25)28-23(29)14-33-24(30)15-32-21-10-6-8-18-7-4-5-9-19(18)21/h4-10,16-17H,11-15H2,1-3H3,(H,28,29). The summed E-state index contributed by atoms with van der Waals surface area (Å²) in [6.07, 6.45) is 2.34. The maximum absolute atomic E-state index is 12.8. The van der Waals surface area contributed by atoms with Crippen molar-refractivity contribution in [3.8, 4) is 5.75 Å². The molecule has 184 valence electrons. The summed E-state index contributed by atoms with van der Waals surface area (Å²) in [6.45, 7) is 4.95. The molecule has 0 fully saturated rings. The van der Waals surface area contributed by atoms with Crippen molar-refractivity contribution in [3.05, 3.63) is 58.5 Å². The highest BCUT2D eigenvalue weighted by atomic mass is 32.1. The molecule has 3 aromatic rings. The van der Waals surface area contributed by atoms with Gasteiger partial charge in [-0.2, -0.15) is 0 Å². The topological polar surface area (TPSA) is 90.9 Å². The number of esters is 2. The zero-order valence-corrected chi connectivity index (χ0v) is 20.9. The fraction of sp³-hybridized carbons (Fsp3) is 0.370. The van der Waals surface area contributed by atoms with Gasteiger partial charge < -0.3 is 19.5 Å². The molecule has 35 heavy (non-hydrogen) atoms. The minimum atomic E-state index is -0.660. The van der Waals surface area contributed by atoms with Crippen LogP contribution in [-0.4, -0.2) is 37.2 Å². The molecule has 1 N–H and O–H groups in total. The van der Waals surface area contributed by atoms with Crippen molar-refractivity contribution in [2.24, 2.45) is 5.92 Å². The van der Waals surface area contributed by atoms with Gasteiger partial charge in [0.25, 0.3) is 5.91 Å². The van der Waals surface area contributed by atoms with Crippen LogP contribution in [-0.2, 0) is 31.9 Å². The molecule has 1 atom stereocenters. The van der Waals surface area contributed by atoms with Crippen molar-refractivity contribution >= 4 is 45.0 Å². The molecule has 0 saturated heterocycles. The van der Waals surface area contributed by atoms with E-state index in [0.717, 1.165) is 40.5 Å². The summed E-state index contributed by atoms with van der Waals surface area (Å²) in [6, 6.07) is 13.3. The van der Waals surface area contributed by atoms with Crippen LogP contribution in [0.4, 0.5) is 5.00 Å². The van der Waals surface area contributed by atoms with Crippen molar-refractivity contribution in [3.63, 3.8) is 0 Å². The molecule has 1 aliphatic carbocycles. The Kier molecular flexibility index (Phi) is 7.70. The Morgan fingerprint density at radius 1 is 1.09 bits per heavy atom. The number of ether oxygens (including phenoxy) is 3. The van der Waals surface area contributed by atoms with Gasteiger partial charge in [-0.1, -0.05) is 43.3 Å². The summed E-state index contributed by atoms with van der Waals surface area (Å²) in [7, 11) is 0. The molecule has 0 spiro atoms. The van der Waals surface area contributed by atoms with Gasteiger partial charge in [-0.25, -0.2) is 9.59 Å². The van der Waals surface area contributed by atoms with E-state index in [1.165, 1.54) is 11.3 Å². The van der Waals surface area contributed by atoms with Crippen molar-refractivity contribution in [1.29, 1.82) is 0 Å². The molecule has 1 aromatic heterocycles. The Balaban J connectivity index is 1.36. The first kappa shape index (κ1) is 24.7. The summed E-state index contributed by atoms with van der Waals surface area (Å²) in [5, 5.41) is 5.08. The number of thiophene rings is 1. The number of carbonyl (C=O) groups is 3. The van der Waals surface area contributed by atoms with Gasteiger partial charge in [0, 0.05) is 10.3 Å². The third kappa shape index (κ3) is 6.00. The Hall–Kier alpha value is -3.39. The summed E-state index contributed by atoms with van der Waals surface area (Å²) in [4.78, 5) is 38.6. The summed E-state index contributed by atoms with van der Waals surface area (Å²) in [5.74, 6) is -0.541. The molecule has 7 nitrogen and oxygen atoms in total. The van der Waals surface area contributed by atoms with Gasteiger partial charge in [-0.15, -0.1) is 11.3 Å². The number of carbonyl (C=O) groups excluding carboxylic acids is 3. The second-order valence-electron chi connectivity index (χ2n) is 8.98. The number of hydrogen-bond acceptors (Lipinski definition) is 7. The van der Waals surface area contributed by atoms with E-state index in [-0.39, 0.29) is 12.7 Å². The molecule has 4 rings (SSSR count). The number of anilines is 1. The summed E-state index contributed by atoms with van der Waals surface area (Å²) in [5.41, 5.74) is 1.37. The number of rotatable bonds is 8. The minimum absolute atomic E-state index is 0.271. The van der Waals surface area contributed by atoms with E-state index in [4.69, 9.17) is 14.2 Å². The zero-order valence-electron chi connectivity index (χ0n) is 20.1. The van der Waals surface area contributed by atoms with Gasteiger partial charge in [0.15, 0.2) is 13.2 Å². The predicted octanol–water partition coefficient (Wildman–Crippen LogP) is 5.15. The maximum Gasteiger partial charge on any atom is 0.344 e. The summed E-state index contributed by atoms with van der Waals surface area (Å²) >= 11 is 1.39. The van der Waals surface area contributed by atoms with Crippen LogP contribution in [0.25, 0.3) is 10.8 Å². The zero-order chi connectivity index (χ0) is 24.9. The lowest BCUT2D eigenvalue weighted by atomic mass is 9.88. The fourth-order valence-electron chi connectivity index (χ4n) is 4.14. The third-order valence-electron chi connectivity index (χ3n) is 5.77. The lowest BCUT2D eigenvalue weighted by Crippen LogP contribution is -2.24. The van der Waals surface area contributed by atoms with E-state index in [2.05, 4.69) is 12.2 Å². The fourth-order valence-corrected chi connectivity index (χ4v) is 5.55. The van der Waals surface area contributed by atoms with Gasteiger partial charge in [0.2, 0.25) is 0 Å². The van der Waals surface area contributed by atoms with Crippen LogP contribution >= 0.6 is 11.3 Å². The molecular weight excluding hydrogens is 466 g/mol. The van der Waals surface area contributed by atoms with E-state index in [9.17, 15) is 14.4 Å². The third-order valence-corrected chi connectivity index (χ3v) is 6.94. The first-order valence-electron chi connectivity index (χ1n) is 11.7. The number of amides is 1. The molecule has 1 amide bonds. The Bertz CT molecular complexity index is 1240. The molecule has 1 aliphatic rings. The monoisotopic (exact) mass is 495 g/mol. The predicted molar refractivity (Wildman–Crippen MR) is 135 cm³/mol. The molecule has 8 heteroatoms. The first-order chi connectivity index (χ1) is 16.8. The first-order valence-corrected chi connectivity index (χ1v) is 12.5. The van der Waals surface area contributed by atoms with Gasteiger partial charge in [0.05, 0.1) is 11.7 Å². The van der Waals surface area contributed by atoms with E-state index >= 15 is 0 Å². The number of fused-ring (bicyclic) bond motifs is 2. The molecule has 0 radical (unpaired) electrons. The van der Waals surface area contributed by atoms with E-state index in [1.54, 1.807) is 19.9 Å². The second-order valence-corrected chi connectivity index (χ2v) is 10.1. The van der Waals surface area contributed by atoms with Gasteiger partial charge >= 0.3 is 11.9 Å². The van der Waals surface area contributed by atoms with Crippen molar-refractivity contribution in [2.45, 2.75) is 46.1 Å². The molecule has 1 unspecified atom stereocenters. The minimum Gasteiger partial charge on any atom is -0.481 e. The van der Waals surface area contributed by atoms with Crippen LogP contribution in [0.15, 0.2) is 42.5 Å². The van der Waals surface area contributed by atoms with E-state index in [0.29, 0.717) is 22.2 Å². The highest BCUT2D eigenvalue weighted by Crippen LogP contribution is 2.40. The smallest absolute Gasteiger partial charge is 0.344 e. The molecule has 0 saturated carbocycles.